The van der Waals surface area contributed by atoms with Crippen molar-refractivity contribution in [1.29, 1.82) is 0 Å². The second kappa shape index (κ2) is 9.73. The number of hydrogen-bond acceptors (Lipinski definition) is 4. The van der Waals surface area contributed by atoms with Crippen molar-refractivity contribution in [2.45, 2.75) is 51.0 Å². The molecule has 28 heavy (non-hydrogen) atoms. The number of nitrogens with one attached hydrogen (secondary N) is 1. The quantitative estimate of drug-likeness (QED) is 0.273. The van der Waals surface area contributed by atoms with Crippen molar-refractivity contribution in [3.05, 3.63) is 0 Å². The van der Waals surface area contributed by atoms with Crippen molar-refractivity contribution in [1.82, 2.24) is 20.0 Å². The molecule has 1 N–H and O–H groups in total. The predicted octanol–water partition coefficient (Wildman–Crippen LogP) is 1.53. The molecule has 2 bridgehead atoms. The number of carbonyl (C=O) groups is 2. The van der Waals surface area contributed by atoms with Gasteiger partial charge >= 0.3 is 0 Å². The van der Waals surface area contributed by atoms with Gasteiger partial charge in [-0.1, -0.05) is 6.42 Å². The molecule has 2 saturated heterocycles. The van der Waals surface area contributed by atoms with Gasteiger partial charge in [0, 0.05) is 65.2 Å². The third-order valence-corrected chi connectivity index (χ3v) is 7.00. The summed E-state index contributed by atoms with van der Waals surface area (Å²) < 4.78 is 0. The predicted molar refractivity (Wildman–Crippen MR) is 120 cm³/mol. The Morgan fingerprint density at radius 1 is 1.07 bits per heavy atom. The van der Waals surface area contributed by atoms with Crippen LogP contribution in [0.5, 0.6) is 0 Å². The summed E-state index contributed by atoms with van der Waals surface area (Å²) in [4.78, 5) is 34.6. The SMILES string of the molecule is CN=C(NCCN1C(=O)CCCC1=O)N1CCN(C2CC3CCC2C3)CC1.I. The number of imide groups is 1. The molecule has 2 aliphatic heterocycles. The monoisotopic (exact) mass is 503 g/mol. The van der Waals surface area contributed by atoms with E-state index in [4.69, 9.17) is 0 Å². The topological polar surface area (TPSA) is 68.2 Å². The molecule has 4 aliphatic rings. The number of aliphatic imine (C=N–C) groups is 1. The van der Waals surface area contributed by atoms with Gasteiger partial charge in [-0.15, -0.1) is 24.0 Å². The lowest BCUT2D eigenvalue weighted by molar-refractivity contribution is -0.147. The summed E-state index contributed by atoms with van der Waals surface area (Å²) in [6.07, 6.45) is 7.44. The average Bonchev–Trinajstić information content (AvgIpc) is 3.31. The van der Waals surface area contributed by atoms with Gasteiger partial charge in [0.05, 0.1) is 0 Å². The van der Waals surface area contributed by atoms with Crippen LogP contribution in [-0.4, -0.2) is 84.8 Å². The molecule has 0 spiro atoms. The summed E-state index contributed by atoms with van der Waals surface area (Å²) in [6.45, 7) is 5.21. The molecule has 7 nitrogen and oxygen atoms in total. The minimum Gasteiger partial charge on any atom is -0.354 e. The smallest absolute Gasteiger partial charge is 0.229 e. The molecule has 158 valence electrons. The lowest BCUT2D eigenvalue weighted by atomic mass is 9.93. The van der Waals surface area contributed by atoms with Crippen LogP contribution in [0.1, 0.15) is 44.9 Å². The Morgan fingerprint density at radius 2 is 1.79 bits per heavy atom. The first-order valence-corrected chi connectivity index (χ1v) is 10.7. The standard InChI is InChI=1S/C20H33N5O2.HI/c1-21-20(22-7-8-25-18(26)3-2-4-19(25)27)24-11-9-23(10-12-24)17-14-15-5-6-16(17)13-15;/h15-17H,2-14H2,1H3,(H,21,22);1H. The van der Waals surface area contributed by atoms with Crippen molar-refractivity contribution in [3.8, 4) is 0 Å². The Bertz CT molecular complexity index is 589. The molecule has 3 atom stereocenters. The fourth-order valence-corrected chi connectivity index (χ4v) is 5.58. The van der Waals surface area contributed by atoms with Gasteiger partial charge in [0.15, 0.2) is 5.96 Å². The molecule has 4 rings (SSSR count). The maximum atomic E-state index is 11.9. The van der Waals surface area contributed by atoms with E-state index >= 15 is 0 Å². The van der Waals surface area contributed by atoms with E-state index < -0.39 is 0 Å². The minimum atomic E-state index is -0.0393. The van der Waals surface area contributed by atoms with E-state index in [1.807, 2.05) is 7.05 Å². The Hall–Kier alpha value is -0.900. The maximum absolute atomic E-state index is 11.9. The summed E-state index contributed by atoms with van der Waals surface area (Å²) in [5.41, 5.74) is 0. The summed E-state index contributed by atoms with van der Waals surface area (Å²) in [5.74, 6) is 2.75. The Balaban J connectivity index is 0.00000225. The van der Waals surface area contributed by atoms with E-state index in [1.165, 1.54) is 30.6 Å². The van der Waals surface area contributed by atoms with Gasteiger partial charge in [-0.3, -0.25) is 24.4 Å². The Labute approximate surface area is 185 Å². The second-order valence-corrected chi connectivity index (χ2v) is 8.53. The highest BCUT2D eigenvalue weighted by Crippen LogP contribution is 2.46. The van der Waals surface area contributed by atoms with Crippen LogP contribution in [-0.2, 0) is 9.59 Å². The molecule has 0 radical (unpaired) electrons. The molecule has 0 aromatic rings. The summed E-state index contributed by atoms with van der Waals surface area (Å²) in [6, 6.07) is 0.817. The molecule has 0 aromatic carbocycles. The molecular formula is C20H34IN5O2. The van der Waals surface area contributed by atoms with E-state index in [1.54, 1.807) is 0 Å². The van der Waals surface area contributed by atoms with Crippen LogP contribution in [0.2, 0.25) is 0 Å². The summed E-state index contributed by atoms with van der Waals surface area (Å²) >= 11 is 0. The van der Waals surface area contributed by atoms with Crippen LogP contribution in [0.4, 0.5) is 0 Å². The number of likely N-dealkylation sites (tertiary alicyclic amines) is 1. The first-order valence-electron chi connectivity index (χ1n) is 10.7. The number of fused-ring (bicyclic) bond motifs is 2. The number of halogens is 1. The Kier molecular flexibility index (Phi) is 7.58. The van der Waals surface area contributed by atoms with Crippen LogP contribution < -0.4 is 5.32 Å². The fourth-order valence-electron chi connectivity index (χ4n) is 5.58. The molecular weight excluding hydrogens is 469 g/mol. The number of piperidine rings is 1. The number of carbonyl (C=O) groups excluding carboxylic acids is 2. The first kappa shape index (κ1) is 21.8. The molecule has 8 heteroatoms. The van der Waals surface area contributed by atoms with E-state index in [9.17, 15) is 9.59 Å². The van der Waals surface area contributed by atoms with E-state index in [2.05, 4.69) is 20.1 Å². The fraction of sp³-hybridized carbons (Fsp3) is 0.850. The highest BCUT2D eigenvalue weighted by Gasteiger charge is 2.42. The zero-order valence-corrected chi connectivity index (χ0v) is 19.3. The normalized spacial score (nSPS) is 31.3. The van der Waals surface area contributed by atoms with Gasteiger partial charge in [-0.25, -0.2) is 0 Å². The molecule has 2 aliphatic carbocycles. The minimum absolute atomic E-state index is 0. The Morgan fingerprint density at radius 3 is 2.36 bits per heavy atom. The summed E-state index contributed by atoms with van der Waals surface area (Å²) in [5, 5.41) is 3.35. The van der Waals surface area contributed by atoms with Crippen molar-refractivity contribution in [2.75, 3.05) is 46.3 Å². The number of nitrogens with zero attached hydrogens (tertiary/aromatic N) is 4. The second-order valence-electron chi connectivity index (χ2n) is 8.53. The zero-order chi connectivity index (χ0) is 18.8. The van der Waals surface area contributed by atoms with Crippen molar-refractivity contribution in [3.63, 3.8) is 0 Å². The van der Waals surface area contributed by atoms with Gasteiger partial charge < -0.3 is 10.2 Å². The van der Waals surface area contributed by atoms with Gasteiger partial charge in [-0.05, 0) is 37.5 Å². The van der Waals surface area contributed by atoms with Crippen molar-refractivity contribution < 1.29 is 9.59 Å². The highest BCUT2D eigenvalue weighted by atomic mass is 127. The largest absolute Gasteiger partial charge is 0.354 e. The van der Waals surface area contributed by atoms with E-state index in [0.29, 0.717) is 32.4 Å². The number of guanidine groups is 1. The van der Waals surface area contributed by atoms with Gasteiger partial charge in [0.2, 0.25) is 11.8 Å². The molecule has 2 amide bonds. The van der Waals surface area contributed by atoms with Crippen LogP contribution in [0.25, 0.3) is 0 Å². The lowest BCUT2D eigenvalue weighted by Crippen LogP contribution is -2.56. The maximum Gasteiger partial charge on any atom is 0.229 e. The number of hydrogen-bond donors (Lipinski definition) is 1. The molecule has 0 aromatic heterocycles. The third-order valence-electron chi connectivity index (χ3n) is 7.00. The van der Waals surface area contributed by atoms with Crippen molar-refractivity contribution in [2.24, 2.45) is 16.8 Å². The van der Waals surface area contributed by atoms with Crippen LogP contribution in [0.3, 0.4) is 0 Å². The number of rotatable bonds is 4. The third kappa shape index (κ3) is 4.63. The van der Waals surface area contributed by atoms with Crippen LogP contribution >= 0.6 is 24.0 Å². The van der Waals surface area contributed by atoms with Crippen LogP contribution in [0.15, 0.2) is 4.99 Å². The first-order chi connectivity index (χ1) is 13.2. The molecule has 3 unspecified atom stereocenters. The highest BCUT2D eigenvalue weighted by molar-refractivity contribution is 14.0. The van der Waals surface area contributed by atoms with Gasteiger partial charge in [-0.2, -0.15) is 0 Å². The average molecular weight is 503 g/mol. The van der Waals surface area contributed by atoms with Gasteiger partial charge in [0.25, 0.3) is 0 Å². The molecule has 4 fully saturated rings. The van der Waals surface area contributed by atoms with Gasteiger partial charge in [0.1, 0.15) is 0 Å². The van der Waals surface area contributed by atoms with Crippen molar-refractivity contribution >= 4 is 41.8 Å². The number of piperazine rings is 1. The molecule has 2 heterocycles. The van der Waals surface area contributed by atoms with Crippen LogP contribution in [0, 0.1) is 11.8 Å². The van der Waals surface area contributed by atoms with E-state index in [0.717, 1.165) is 50.0 Å². The van der Waals surface area contributed by atoms with E-state index in [-0.39, 0.29) is 35.8 Å². The number of amides is 2. The lowest BCUT2D eigenvalue weighted by Gasteiger charge is -2.42. The zero-order valence-electron chi connectivity index (χ0n) is 16.9. The summed E-state index contributed by atoms with van der Waals surface area (Å²) in [7, 11) is 1.81. The molecule has 2 saturated carbocycles.